The number of thioether (sulfide) groups is 1. The number of nitrogens with two attached hydrogens (primary N) is 1. The lowest BCUT2D eigenvalue weighted by Crippen LogP contribution is -2.41. The molecule has 0 aliphatic carbocycles. The molecule has 0 bridgehead atoms. The number of primary sulfonamides is 1. The lowest BCUT2D eigenvalue weighted by molar-refractivity contribution is -0.118. The van der Waals surface area contributed by atoms with Gasteiger partial charge in [-0.15, -0.1) is 0 Å². The Morgan fingerprint density at radius 2 is 1.88 bits per heavy atom. The van der Waals surface area contributed by atoms with Crippen LogP contribution in [0.3, 0.4) is 0 Å². The van der Waals surface area contributed by atoms with Gasteiger partial charge < -0.3 is 15.0 Å². The summed E-state index contributed by atoms with van der Waals surface area (Å²) in [4.78, 5) is 14.1. The number of benzene rings is 2. The van der Waals surface area contributed by atoms with Crippen LogP contribution in [0.5, 0.6) is 5.75 Å². The second kappa shape index (κ2) is 9.38. The molecule has 2 fully saturated rings. The molecule has 0 saturated carbocycles. The van der Waals surface area contributed by atoms with Crippen LogP contribution in [-0.2, 0) is 21.2 Å². The number of methoxy groups -OCH3 is 1. The van der Waals surface area contributed by atoms with Crippen molar-refractivity contribution in [3.8, 4) is 16.9 Å². The highest BCUT2D eigenvalue weighted by Crippen LogP contribution is 2.40. The van der Waals surface area contributed by atoms with Crippen LogP contribution in [0.25, 0.3) is 11.1 Å². The molecule has 2 saturated heterocycles. The number of amides is 1. The highest BCUT2D eigenvalue weighted by molar-refractivity contribution is 8.24. The van der Waals surface area contributed by atoms with Crippen LogP contribution in [0.1, 0.15) is 18.4 Å². The highest BCUT2D eigenvalue weighted by atomic mass is 32.2. The Kier molecular flexibility index (Phi) is 6.75. The number of sulfonamides is 1. The third-order valence-electron chi connectivity index (χ3n) is 5.90. The number of nitrogens with zero attached hydrogens (tertiary/aromatic N) is 1. The molecule has 2 aromatic rings. The lowest BCUT2D eigenvalue weighted by atomic mass is 9.99. The predicted octanol–water partition coefficient (Wildman–Crippen LogP) is 2.68. The highest BCUT2D eigenvalue weighted by Gasteiger charge is 2.30. The van der Waals surface area contributed by atoms with Gasteiger partial charge in [0.15, 0.2) is 0 Å². The number of piperidine rings is 1. The molecule has 2 aromatic carbocycles. The van der Waals surface area contributed by atoms with Gasteiger partial charge >= 0.3 is 0 Å². The maximum atomic E-state index is 11.9. The van der Waals surface area contributed by atoms with E-state index in [-0.39, 0.29) is 11.2 Å². The first kappa shape index (κ1) is 23.0. The average molecular weight is 492 g/mol. The number of carbonyl (C=O) groups excluding carboxylic acids is 1. The molecule has 0 spiro atoms. The van der Waals surface area contributed by atoms with E-state index in [1.54, 1.807) is 7.11 Å². The van der Waals surface area contributed by atoms with Crippen molar-refractivity contribution in [2.24, 2.45) is 5.14 Å². The molecule has 3 N–H and O–H groups in total. The number of nitrogens with one attached hydrogen (secondary N) is 1. The second-order valence-corrected chi connectivity index (χ2v) is 11.6. The third kappa shape index (κ3) is 4.93. The molecule has 0 radical (unpaired) electrons. The molecule has 0 aromatic heterocycles. The first-order valence-corrected chi connectivity index (χ1v) is 13.2. The van der Waals surface area contributed by atoms with Gasteiger partial charge in [0, 0.05) is 18.7 Å². The molecular weight excluding hydrogens is 466 g/mol. The van der Waals surface area contributed by atoms with Gasteiger partial charge in [-0.05, 0) is 36.5 Å². The fraction of sp³-hybridized carbons (Fsp3) is 0.364. The summed E-state index contributed by atoms with van der Waals surface area (Å²) in [5.74, 6) is 0.718. The Labute approximate surface area is 197 Å². The third-order valence-corrected chi connectivity index (χ3v) is 8.67. The van der Waals surface area contributed by atoms with E-state index in [1.807, 2.05) is 42.5 Å². The summed E-state index contributed by atoms with van der Waals surface area (Å²) in [6, 6.07) is 14.1. The molecule has 1 atom stereocenters. The fourth-order valence-electron chi connectivity index (χ4n) is 4.20. The van der Waals surface area contributed by atoms with E-state index >= 15 is 0 Å². The van der Waals surface area contributed by atoms with Crippen molar-refractivity contribution >= 4 is 49.9 Å². The van der Waals surface area contributed by atoms with Crippen LogP contribution in [0.2, 0.25) is 0 Å². The summed E-state index contributed by atoms with van der Waals surface area (Å²) in [7, 11) is -1.86. The smallest absolute Gasteiger partial charge is 0.239 e. The largest absolute Gasteiger partial charge is 0.494 e. The van der Waals surface area contributed by atoms with Crippen molar-refractivity contribution < 1.29 is 17.9 Å². The minimum atomic E-state index is -3.51. The van der Waals surface area contributed by atoms with Crippen molar-refractivity contribution in [3.63, 3.8) is 0 Å². The van der Waals surface area contributed by atoms with E-state index in [4.69, 9.17) is 22.1 Å². The summed E-state index contributed by atoms with van der Waals surface area (Å²) in [5, 5.41) is 7.33. The first-order valence-electron chi connectivity index (χ1n) is 10.3. The summed E-state index contributed by atoms with van der Waals surface area (Å²) in [6.45, 7) is 1.20. The molecule has 170 valence electrons. The number of anilines is 1. The van der Waals surface area contributed by atoms with Crippen LogP contribution >= 0.6 is 24.0 Å². The summed E-state index contributed by atoms with van der Waals surface area (Å²) >= 11 is 6.46. The number of ether oxygens (including phenoxy) is 1. The van der Waals surface area contributed by atoms with E-state index in [2.05, 4.69) is 10.2 Å². The van der Waals surface area contributed by atoms with Gasteiger partial charge in [-0.3, -0.25) is 4.79 Å². The van der Waals surface area contributed by atoms with Gasteiger partial charge in [-0.1, -0.05) is 60.4 Å². The van der Waals surface area contributed by atoms with Crippen LogP contribution < -0.4 is 20.1 Å². The van der Waals surface area contributed by atoms with Gasteiger partial charge in [-0.25, -0.2) is 13.6 Å². The summed E-state index contributed by atoms with van der Waals surface area (Å²) in [6.07, 6.45) is 1.61. The van der Waals surface area contributed by atoms with Crippen molar-refractivity contribution in [2.75, 3.05) is 25.1 Å². The Morgan fingerprint density at radius 1 is 1.19 bits per heavy atom. The number of para-hydroxylation sites is 1. The molecular formula is C22H25N3O4S3. The Morgan fingerprint density at radius 3 is 2.44 bits per heavy atom. The molecule has 1 unspecified atom stereocenters. The van der Waals surface area contributed by atoms with Gasteiger partial charge in [0.2, 0.25) is 15.9 Å². The van der Waals surface area contributed by atoms with Gasteiger partial charge in [0.25, 0.3) is 0 Å². The first-order chi connectivity index (χ1) is 15.3. The monoisotopic (exact) mass is 491 g/mol. The zero-order chi connectivity index (χ0) is 22.9. The molecule has 10 heteroatoms. The fourth-order valence-corrected chi connectivity index (χ4v) is 6.38. The van der Waals surface area contributed by atoms with E-state index in [9.17, 15) is 13.2 Å². The second-order valence-electron chi connectivity index (χ2n) is 7.92. The number of hydrogen-bond donors (Lipinski definition) is 2. The minimum absolute atomic E-state index is 0.0374. The standard InChI is InChI=1S/C22H25N3O4S3/c1-29-20-17(3-2-4-18(20)25-11-9-16(10-12-25)32(23,27)28)15-7-5-14(6-8-15)13-19-21(26)24-22(30)31-19/h2-8,16,19H,9-13H2,1H3,(H2,23,27,28)(H,24,26,30). The molecule has 1 amide bonds. The normalized spacial score (nSPS) is 19.8. The Bertz CT molecular complexity index is 1130. The van der Waals surface area contributed by atoms with E-state index in [1.165, 1.54) is 11.8 Å². The van der Waals surface area contributed by atoms with Crippen LogP contribution in [-0.4, -0.2) is 49.3 Å². The van der Waals surface area contributed by atoms with Crippen molar-refractivity contribution in [3.05, 3.63) is 48.0 Å². The average Bonchev–Trinajstić information content (AvgIpc) is 3.09. The van der Waals surface area contributed by atoms with Crippen molar-refractivity contribution in [1.29, 1.82) is 0 Å². The Hall–Kier alpha value is -2.14. The zero-order valence-electron chi connectivity index (χ0n) is 17.6. The quantitative estimate of drug-likeness (QED) is 0.599. The van der Waals surface area contributed by atoms with E-state index in [0.717, 1.165) is 28.1 Å². The van der Waals surface area contributed by atoms with Crippen molar-refractivity contribution in [2.45, 2.75) is 29.8 Å². The Balaban J connectivity index is 1.53. The lowest BCUT2D eigenvalue weighted by Gasteiger charge is -2.33. The molecule has 2 aliphatic heterocycles. The van der Waals surface area contributed by atoms with Crippen LogP contribution in [0, 0.1) is 0 Å². The number of carbonyl (C=O) groups is 1. The van der Waals surface area contributed by atoms with Crippen LogP contribution in [0.15, 0.2) is 42.5 Å². The van der Waals surface area contributed by atoms with Gasteiger partial charge in [-0.2, -0.15) is 0 Å². The molecule has 7 nitrogen and oxygen atoms in total. The maximum absolute atomic E-state index is 11.9. The number of hydrogen-bond acceptors (Lipinski definition) is 7. The summed E-state index contributed by atoms with van der Waals surface area (Å²) < 4.78 is 29.7. The zero-order valence-corrected chi connectivity index (χ0v) is 20.1. The van der Waals surface area contributed by atoms with E-state index in [0.29, 0.717) is 36.7 Å². The van der Waals surface area contributed by atoms with Gasteiger partial charge in [0.1, 0.15) is 10.1 Å². The molecule has 4 rings (SSSR count). The number of rotatable bonds is 6. The van der Waals surface area contributed by atoms with Crippen molar-refractivity contribution in [1.82, 2.24) is 5.32 Å². The van der Waals surface area contributed by atoms with Gasteiger partial charge in [0.05, 0.1) is 23.3 Å². The number of thiocarbonyl (C=S) groups is 1. The van der Waals surface area contributed by atoms with E-state index < -0.39 is 15.3 Å². The molecule has 2 aliphatic rings. The molecule has 32 heavy (non-hydrogen) atoms. The minimum Gasteiger partial charge on any atom is -0.494 e. The maximum Gasteiger partial charge on any atom is 0.239 e. The summed E-state index contributed by atoms with van der Waals surface area (Å²) in [5.41, 5.74) is 3.96. The molecule has 2 heterocycles. The topological polar surface area (TPSA) is 102 Å². The SMILES string of the molecule is COc1c(-c2ccc(CC3SC(=S)NC3=O)cc2)cccc1N1CCC(S(N)(=O)=O)CC1. The van der Waals surface area contributed by atoms with Crippen LogP contribution in [0.4, 0.5) is 5.69 Å². The predicted molar refractivity (Wildman–Crippen MR) is 133 cm³/mol.